The number of nitrogens with one attached hydrogen (secondary N) is 1. The fourth-order valence-electron chi connectivity index (χ4n) is 2.43. The van der Waals surface area contributed by atoms with Gasteiger partial charge >= 0.3 is 0 Å². The number of hydrogen-bond donors (Lipinski definition) is 2. The van der Waals surface area contributed by atoms with Gasteiger partial charge in [-0.3, -0.25) is 4.79 Å². The van der Waals surface area contributed by atoms with Gasteiger partial charge in [0.2, 0.25) is 0 Å². The molecule has 0 aliphatic heterocycles. The van der Waals surface area contributed by atoms with Crippen molar-refractivity contribution in [3.63, 3.8) is 0 Å². The summed E-state index contributed by atoms with van der Waals surface area (Å²) in [5.74, 6) is -0.152. The second kappa shape index (κ2) is 4.35. The zero-order valence-corrected chi connectivity index (χ0v) is 9.04. The number of amides is 1. The predicted molar refractivity (Wildman–Crippen MR) is 58.3 cm³/mol. The van der Waals surface area contributed by atoms with Crippen molar-refractivity contribution >= 4 is 5.91 Å². The van der Waals surface area contributed by atoms with E-state index in [9.17, 15) is 9.90 Å². The largest absolute Gasteiger partial charge is 0.380 e. The van der Waals surface area contributed by atoms with E-state index in [1.54, 1.807) is 0 Å². The second-order valence-corrected chi connectivity index (χ2v) is 4.69. The molecule has 0 heterocycles. The molecule has 84 valence electrons. The van der Waals surface area contributed by atoms with Crippen molar-refractivity contribution in [3.05, 3.63) is 12.2 Å². The molecular weight excluding hydrogens is 190 g/mol. The van der Waals surface area contributed by atoms with Crippen LogP contribution in [0.3, 0.4) is 0 Å². The highest BCUT2D eigenvalue weighted by atomic mass is 16.3. The van der Waals surface area contributed by atoms with E-state index in [0.29, 0.717) is 12.8 Å². The van der Waals surface area contributed by atoms with E-state index < -0.39 is 5.60 Å². The van der Waals surface area contributed by atoms with Gasteiger partial charge in [-0.2, -0.15) is 0 Å². The van der Waals surface area contributed by atoms with Gasteiger partial charge < -0.3 is 10.4 Å². The Balaban J connectivity index is 1.88. The number of aliphatic hydroxyl groups is 1. The number of rotatable bonds is 2. The van der Waals surface area contributed by atoms with Crippen molar-refractivity contribution in [3.8, 4) is 0 Å². The SMILES string of the molecule is O=C(NC1CC=CCC1)C1(O)CCCC1. The first kappa shape index (κ1) is 10.7. The average Bonchev–Trinajstić information content (AvgIpc) is 2.68. The summed E-state index contributed by atoms with van der Waals surface area (Å²) in [5.41, 5.74) is -1.07. The number of carbonyl (C=O) groups excluding carboxylic acids is 1. The lowest BCUT2D eigenvalue weighted by atomic mass is 9.97. The van der Waals surface area contributed by atoms with E-state index in [0.717, 1.165) is 32.1 Å². The van der Waals surface area contributed by atoms with E-state index in [4.69, 9.17) is 0 Å². The Hall–Kier alpha value is -0.830. The lowest BCUT2D eigenvalue weighted by molar-refractivity contribution is -0.139. The van der Waals surface area contributed by atoms with E-state index in [-0.39, 0.29) is 11.9 Å². The summed E-state index contributed by atoms with van der Waals surface area (Å²) in [4.78, 5) is 11.9. The zero-order chi connectivity index (χ0) is 10.7. The third-order valence-electron chi connectivity index (χ3n) is 3.46. The van der Waals surface area contributed by atoms with Crippen molar-refractivity contribution in [1.29, 1.82) is 0 Å². The number of hydrogen-bond acceptors (Lipinski definition) is 2. The molecule has 1 fully saturated rings. The van der Waals surface area contributed by atoms with Crippen LogP contribution in [0.1, 0.15) is 44.9 Å². The molecular formula is C12H19NO2. The van der Waals surface area contributed by atoms with Crippen molar-refractivity contribution in [2.24, 2.45) is 0 Å². The van der Waals surface area contributed by atoms with Crippen LogP contribution in [0, 0.1) is 0 Å². The van der Waals surface area contributed by atoms with Crippen LogP contribution in [0.5, 0.6) is 0 Å². The maximum atomic E-state index is 11.9. The highest BCUT2D eigenvalue weighted by Gasteiger charge is 2.39. The molecule has 2 N–H and O–H groups in total. The van der Waals surface area contributed by atoms with Crippen LogP contribution < -0.4 is 5.32 Å². The third-order valence-corrected chi connectivity index (χ3v) is 3.46. The lowest BCUT2D eigenvalue weighted by Gasteiger charge is -2.26. The maximum Gasteiger partial charge on any atom is 0.252 e. The standard InChI is InChI=1S/C12H19NO2/c14-11(12(15)8-4-5-9-12)13-10-6-2-1-3-7-10/h1-2,10,15H,3-9H2,(H,13,14). The molecule has 1 unspecified atom stereocenters. The van der Waals surface area contributed by atoms with E-state index in [2.05, 4.69) is 17.5 Å². The summed E-state index contributed by atoms with van der Waals surface area (Å²) < 4.78 is 0. The topological polar surface area (TPSA) is 49.3 Å². The summed E-state index contributed by atoms with van der Waals surface area (Å²) in [6.07, 6.45) is 10.4. The summed E-state index contributed by atoms with van der Waals surface area (Å²) in [6, 6.07) is 0.229. The molecule has 3 heteroatoms. The Morgan fingerprint density at radius 3 is 2.67 bits per heavy atom. The van der Waals surface area contributed by atoms with Crippen molar-refractivity contribution in [2.45, 2.75) is 56.6 Å². The first-order valence-corrected chi connectivity index (χ1v) is 5.89. The normalized spacial score (nSPS) is 29.0. The molecule has 0 saturated heterocycles. The minimum atomic E-state index is -1.07. The molecule has 1 amide bonds. The zero-order valence-electron chi connectivity index (χ0n) is 9.04. The average molecular weight is 209 g/mol. The Labute approximate surface area is 90.6 Å². The predicted octanol–water partition coefficient (Wildman–Crippen LogP) is 1.52. The molecule has 3 nitrogen and oxygen atoms in total. The Morgan fingerprint density at radius 1 is 1.33 bits per heavy atom. The molecule has 2 aliphatic rings. The van der Waals surface area contributed by atoms with Gasteiger partial charge in [0.1, 0.15) is 5.60 Å². The Bertz CT molecular complexity index is 267. The van der Waals surface area contributed by atoms with Crippen LogP contribution in [0.4, 0.5) is 0 Å². The molecule has 0 aromatic heterocycles. The fourth-order valence-corrected chi connectivity index (χ4v) is 2.43. The van der Waals surface area contributed by atoms with Crippen LogP contribution in [0.25, 0.3) is 0 Å². The first-order valence-electron chi connectivity index (χ1n) is 5.89. The fraction of sp³-hybridized carbons (Fsp3) is 0.750. The lowest BCUT2D eigenvalue weighted by Crippen LogP contribution is -2.48. The van der Waals surface area contributed by atoms with Gasteiger partial charge in [0.15, 0.2) is 0 Å². The number of allylic oxidation sites excluding steroid dienone is 1. The van der Waals surface area contributed by atoms with E-state index >= 15 is 0 Å². The summed E-state index contributed by atoms with van der Waals surface area (Å²) >= 11 is 0. The molecule has 2 aliphatic carbocycles. The molecule has 1 saturated carbocycles. The third kappa shape index (κ3) is 2.40. The van der Waals surface area contributed by atoms with Gasteiger partial charge in [-0.1, -0.05) is 12.2 Å². The van der Waals surface area contributed by atoms with Crippen LogP contribution in [-0.2, 0) is 4.79 Å². The van der Waals surface area contributed by atoms with Crippen LogP contribution in [-0.4, -0.2) is 22.7 Å². The van der Waals surface area contributed by atoms with Crippen LogP contribution in [0.15, 0.2) is 12.2 Å². The summed E-state index contributed by atoms with van der Waals surface area (Å²) in [6.45, 7) is 0. The summed E-state index contributed by atoms with van der Waals surface area (Å²) in [5, 5.41) is 13.0. The van der Waals surface area contributed by atoms with Crippen LogP contribution in [0.2, 0.25) is 0 Å². The minimum Gasteiger partial charge on any atom is -0.380 e. The molecule has 0 radical (unpaired) electrons. The quantitative estimate of drug-likeness (QED) is 0.677. The van der Waals surface area contributed by atoms with E-state index in [1.165, 1.54) is 0 Å². The smallest absolute Gasteiger partial charge is 0.252 e. The van der Waals surface area contributed by atoms with Crippen LogP contribution >= 0.6 is 0 Å². The van der Waals surface area contributed by atoms with Gasteiger partial charge in [0.05, 0.1) is 0 Å². The number of carbonyl (C=O) groups is 1. The minimum absolute atomic E-state index is 0.152. The highest BCUT2D eigenvalue weighted by Crippen LogP contribution is 2.29. The molecule has 1 atom stereocenters. The summed E-state index contributed by atoms with van der Waals surface area (Å²) in [7, 11) is 0. The molecule has 0 bridgehead atoms. The molecule has 0 aromatic rings. The van der Waals surface area contributed by atoms with Crippen molar-refractivity contribution in [2.75, 3.05) is 0 Å². The second-order valence-electron chi connectivity index (χ2n) is 4.69. The van der Waals surface area contributed by atoms with Gasteiger partial charge in [-0.15, -0.1) is 0 Å². The monoisotopic (exact) mass is 209 g/mol. The first-order chi connectivity index (χ1) is 7.21. The Kier molecular flexibility index (Phi) is 3.10. The molecule has 15 heavy (non-hydrogen) atoms. The van der Waals surface area contributed by atoms with Crippen molar-refractivity contribution < 1.29 is 9.90 Å². The van der Waals surface area contributed by atoms with Gasteiger partial charge in [0, 0.05) is 6.04 Å². The molecule has 0 aromatic carbocycles. The van der Waals surface area contributed by atoms with Crippen molar-refractivity contribution in [1.82, 2.24) is 5.32 Å². The Morgan fingerprint density at radius 2 is 2.07 bits per heavy atom. The van der Waals surface area contributed by atoms with Gasteiger partial charge in [-0.25, -0.2) is 0 Å². The highest BCUT2D eigenvalue weighted by molar-refractivity contribution is 5.85. The molecule has 0 spiro atoms. The maximum absolute atomic E-state index is 11.9. The van der Waals surface area contributed by atoms with E-state index in [1.807, 2.05) is 0 Å². The molecule has 2 rings (SSSR count). The van der Waals surface area contributed by atoms with Gasteiger partial charge in [-0.05, 0) is 44.9 Å². The van der Waals surface area contributed by atoms with Gasteiger partial charge in [0.25, 0.3) is 5.91 Å².